The second-order valence-corrected chi connectivity index (χ2v) is 1.98. The van der Waals surface area contributed by atoms with Gasteiger partial charge in [0.15, 0.2) is 0 Å². The molecule has 3 N–H and O–H groups in total. The molecule has 1 aromatic rings. The van der Waals surface area contributed by atoms with Crippen LogP contribution in [0.3, 0.4) is 0 Å². The molecule has 5 heteroatoms. The van der Waals surface area contributed by atoms with Crippen LogP contribution in [0.25, 0.3) is 0 Å². The highest BCUT2D eigenvalue weighted by atomic mass is 16.3. The van der Waals surface area contributed by atoms with Crippen molar-refractivity contribution in [2.24, 2.45) is 5.73 Å². The first kappa shape index (κ1) is 8.19. The van der Waals surface area contributed by atoms with Gasteiger partial charge in [0.05, 0.1) is 6.26 Å². The molecule has 5 nitrogen and oxygen atoms in total. The van der Waals surface area contributed by atoms with Crippen LogP contribution >= 0.6 is 0 Å². The zero-order valence-corrected chi connectivity index (χ0v) is 6.11. The van der Waals surface area contributed by atoms with E-state index in [0.29, 0.717) is 6.41 Å². The average Bonchev–Trinajstić information content (AvgIpc) is 2.51. The summed E-state index contributed by atoms with van der Waals surface area (Å²) in [6.07, 6.45) is 1.74. The first-order chi connectivity index (χ1) is 5.75. The molecule has 0 spiro atoms. The Hall–Kier alpha value is -1.91. The van der Waals surface area contributed by atoms with Crippen molar-refractivity contribution in [1.29, 1.82) is 0 Å². The molecule has 0 atom stereocenters. The van der Waals surface area contributed by atoms with Gasteiger partial charge in [0.2, 0.25) is 5.76 Å². The molecule has 62 valence electrons. The summed E-state index contributed by atoms with van der Waals surface area (Å²) in [6, 6.07) is 3.11. The van der Waals surface area contributed by atoms with Crippen LogP contribution in [0.15, 0.2) is 22.8 Å². The summed E-state index contributed by atoms with van der Waals surface area (Å²) in [6.45, 7) is 0. The molecule has 0 aliphatic heterocycles. The van der Waals surface area contributed by atoms with Crippen molar-refractivity contribution in [3.05, 3.63) is 24.2 Å². The van der Waals surface area contributed by atoms with E-state index in [4.69, 9.17) is 10.2 Å². The van der Waals surface area contributed by atoms with Crippen LogP contribution in [0.1, 0.15) is 5.76 Å². The SMILES string of the molecule is NC(=O)C(=[NH+]C=O)c1ccco1. The molecule has 0 radical (unpaired) electrons. The van der Waals surface area contributed by atoms with Crippen molar-refractivity contribution in [1.82, 2.24) is 0 Å². The maximum atomic E-state index is 10.7. The lowest BCUT2D eigenvalue weighted by molar-refractivity contribution is -0.356. The highest BCUT2D eigenvalue weighted by molar-refractivity contribution is 6.41. The van der Waals surface area contributed by atoms with E-state index in [2.05, 4.69) is 4.99 Å². The molecule has 0 aliphatic carbocycles. The summed E-state index contributed by atoms with van der Waals surface area (Å²) in [5, 5.41) is 0. The third-order valence-corrected chi connectivity index (χ3v) is 1.22. The van der Waals surface area contributed by atoms with Crippen molar-refractivity contribution in [2.45, 2.75) is 0 Å². The van der Waals surface area contributed by atoms with Crippen LogP contribution in [0.5, 0.6) is 0 Å². The molecule has 12 heavy (non-hydrogen) atoms. The third kappa shape index (κ3) is 1.57. The summed E-state index contributed by atoms with van der Waals surface area (Å²) < 4.78 is 4.85. The van der Waals surface area contributed by atoms with Gasteiger partial charge in [-0.2, -0.15) is 4.99 Å². The van der Waals surface area contributed by atoms with Gasteiger partial charge in [-0.25, -0.2) is 4.79 Å². The Balaban J connectivity index is 3.04. The monoisotopic (exact) mass is 167 g/mol. The third-order valence-electron chi connectivity index (χ3n) is 1.22. The molecule has 1 aromatic heterocycles. The molecular formula is C7H7N2O3+. The fraction of sp³-hybridized carbons (Fsp3) is 0. The Morgan fingerprint density at radius 2 is 2.42 bits per heavy atom. The van der Waals surface area contributed by atoms with Crippen LogP contribution in [-0.2, 0) is 9.59 Å². The van der Waals surface area contributed by atoms with E-state index < -0.39 is 5.91 Å². The standard InChI is InChI=1S/C7H6N2O3/c8-7(11)6(9-4-10)5-2-1-3-12-5/h1-4H,(H2,8,11)/p+1. The van der Waals surface area contributed by atoms with Crippen LogP contribution in [0, 0.1) is 0 Å². The lowest BCUT2D eigenvalue weighted by atomic mass is 10.3. The summed E-state index contributed by atoms with van der Waals surface area (Å²) in [4.78, 5) is 22.9. The maximum absolute atomic E-state index is 10.7. The Labute approximate surface area is 67.9 Å². The number of hydrogen-bond donors (Lipinski definition) is 2. The molecule has 1 rings (SSSR count). The molecule has 0 saturated heterocycles. The summed E-state index contributed by atoms with van der Waals surface area (Å²) >= 11 is 0. The second-order valence-electron chi connectivity index (χ2n) is 1.98. The molecule has 0 aliphatic rings. The number of carbonyl (C=O) groups excluding carboxylic acids is 2. The average molecular weight is 167 g/mol. The first-order valence-electron chi connectivity index (χ1n) is 3.16. The minimum atomic E-state index is -0.739. The van der Waals surface area contributed by atoms with E-state index in [9.17, 15) is 9.59 Å². The number of rotatable bonds is 3. The Kier molecular flexibility index (Phi) is 2.37. The van der Waals surface area contributed by atoms with Gasteiger partial charge < -0.3 is 10.2 Å². The van der Waals surface area contributed by atoms with Gasteiger partial charge >= 0.3 is 18.0 Å². The number of carbonyl (C=O) groups is 2. The molecule has 1 heterocycles. The molecule has 0 fully saturated rings. The fourth-order valence-corrected chi connectivity index (χ4v) is 0.743. The largest absolute Gasteiger partial charge is 0.458 e. The summed E-state index contributed by atoms with van der Waals surface area (Å²) in [5.74, 6) is -0.494. The lowest BCUT2D eigenvalue weighted by Gasteiger charge is -1.87. The number of primary amides is 1. The van der Waals surface area contributed by atoms with Crippen LogP contribution in [-0.4, -0.2) is 18.0 Å². The van der Waals surface area contributed by atoms with Crippen LogP contribution < -0.4 is 10.7 Å². The number of nitrogens with one attached hydrogen (secondary N) is 1. The molecule has 0 unspecified atom stereocenters. The zero-order valence-electron chi connectivity index (χ0n) is 6.11. The van der Waals surface area contributed by atoms with Gasteiger partial charge in [-0.15, -0.1) is 0 Å². The van der Waals surface area contributed by atoms with E-state index in [0.717, 1.165) is 0 Å². The van der Waals surface area contributed by atoms with Crippen molar-refractivity contribution in [3.63, 3.8) is 0 Å². The molecular weight excluding hydrogens is 160 g/mol. The minimum absolute atomic E-state index is 0.0463. The highest BCUT2D eigenvalue weighted by Gasteiger charge is 2.19. The van der Waals surface area contributed by atoms with E-state index in [1.54, 1.807) is 6.07 Å². The first-order valence-corrected chi connectivity index (χ1v) is 3.16. The van der Waals surface area contributed by atoms with Crippen molar-refractivity contribution in [3.8, 4) is 0 Å². The Bertz CT molecular complexity index is 313. The summed E-state index contributed by atoms with van der Waals surface area (Å²) in [7, 11) is 0. The molecule has 0 aromatic carbocycles. The quantitative estimate of drug-likeness (QED) is 0.395. The van der Waals surface area contributed by atoms with Gasteiger partial charge in [-0.3, -0.25) is 4.79 Å². The van der Waals surface area contributed by atoms with Gasteiger partial charge in [-0.1, -0.05) is 0 Å². The lowest BCUT2D eigenvalue weighted by Crippen LogP contribution is -2.74. The molecule has 0 saturated carbocycles. The van der Waals surface area contributed by atoms with Crippen LogP contribution in [0.2, 0.25) is 0 Å². The van der Waals surface area contributed by atoms with E-state index in [-0.39, 0.29) is 11.5 Å². The van der Waals surface area contributed by atoms with Crippen molar-refractivity contribution in [2.75, 3.05) is 0 Å². The molecule has 0 bridgehead atoms. The summed E-state index contributed by atoms with van der Waals surface area (Å²) in [5.41, 5.74) is 4.91. The number of amides is 2. The van der Waals surface area contributed by atoms with Gasteiger partial charge in [0.25, 0.3) is 0 Å². The van der Waals surface area contributed by atoms with Gasteiger partial charge in [-0.05, 0) is 12.1 Å². The van der Waals surface area contributed by atoms with E-state index >= 15 is 0 Å². The van der Waals surface area contributed by atoms with Gasteiger partial charge in [0.1, 0.15) is 0 Å². The number of hydrogen-bond acceptors (Lipinski definition) is 3. The predicted octanol–water partition coefficient (Wildman–Crippen LogP) is -2.21. The van der Waals surface area contributed by atoms with Crippen LogP contribution in [0.4, 0.5) is 0 Å². The topological polar surface area (TPSA) is 87.3 Å². The predicted molar refractivity (Wildman–Crippen MR) is 39.0 cm³/mol. The van der Waals surface area contributed by atoms with Crippen molar-refractivity contribution >= 4 is 18.0 Å². The number of furan rings is 1. The van der Waals surface area contributed by atoms with E-state index in [1.165, 1.54) is 12.3 Å². The normalized spacial score (nSPS) is 11.2. The minimum Gasteiger partial charge on any atom is -0.458 e. The Morgan fingerprint density at radius 1 is 1.67 bits per heavy atom. The zero-order chi connectivity index (χ0) is 8.97. The van der Waals surface area contributed by atoms with E-state index in [1.807, 2.05) is 0 Å². The Morgan fingerprint density at radius 3 is 2.83 bits per heavy atom. The number of nitrogens with two attached hydrogens (primary N) is 1. The second kappa shape index (κ2) is 3.47. The highest BCUT2D eigenvalue weighted by Crippen LogP contribution is 1.97. The smallest absolute Gasteiger partial charge is 0.374 e. The van der Waals surface area contributed by atoms with Crippen molar-refractivity contribution < 1.29 is 19.0 Å². The van der Waals surface area contributed by atoms with Gasteiger partial charge in [0, 0.05) is 0 Å². The fourth-order valence-electron chi connectivity index (χ4n) is 0.743. The molecule has 2 amide bonds. The maximum Gasteiger partial charge on any atom is 0.374 e.